The van der Waals surface area contributed by atoms with Crippen molar-refractivity contribution in [3.05, 3.63) is 46.8 Å². The summed E-state index contributed by atoms with van der Waals surface area (Å²) in [6.07, 6.45) is 0. The second-order valence-electron chi connectivity index (χ2n) is 4.26. The summed E-state index contributed by atoms with van der Waals surface area (Å²) in [6.45, 7) is 0.623. The molecule has 2 aromatic rings. The monoisotopic (exact) mass is 326 g/mol. The Morgan fingerprint density at radius 1 is 1.29 bits per heavy atom. The van der Waals surface area contributed by atoms with E-state index in [4.69, 9.17) is 5.11 Å². The van der Waals surface area contributed by atoms with E-state index < -0.39 is 16.0 Å². The molecule has 3 N–H and O–H groups in total. The lowest BCUT2D eigenvalue weighted by Gasteiger charge is -2.08. The minimum atomic E-state index is -3.77. The highest BCUT2D eigenvalue weighted by Crippen LogP contribution is 2.24. The van der Waals surface area contributed by atoms with E-state index >= 15 is 0 Å². The Bertz CT molecular complexity index is 753. The predicted octanol–water partition coefficient (Wildman–Crippen LogP) is 1.97. The molecule has 0 saturated carbocycles. The summed E-state index contributed by atoms with van der Waals surface area (Å²) in [5.74, 6) is -1.14. The fourth-order valence-corrected chi connectivity index (χ4v) is 3.93. The van der Waals surface area contributed by atoms with Gasteiger partial charge in [-0.1, -0.05) is 12.1 Å². The van der Waals surface area contributed by atoms with Gasteiger partial charge in [-0.2, -0.15) is 0 Å². The molecule has 0 spiro atoms. The van der Waals surface area contributed by atoms with E-state index in [0.29, 0.717) is 12.2 Å². The average Bonchev–Trinajstić information content (AvgIpc) is 2.89. The van der Waals surface area contributed by atoms with E-state index in [1.165, 1.54) is 12.1 Å². The average molecular weight is 326 g/mol. The lowest BCUT2D eigenvalue weighted by Crippen LogP contribution is -2.12. The van der Waals surface area contributed by atoms with Crippen LogP contribution in [-0.4, -0.2) is 26.5 Å². The fraction of sp³-hybridized carbons (Fsp3) is 0.154. The van der Waals surface area contributed by atoms with Crippen LogP contribution in [0.5, 0.6) is 0 Å². The minimum absolute atomic E-state index is 0.0145. The number of nitrogens with one attached hydrogen (secondary N) is 2. The molecule has 0 aliphatic rings. The third-order valence-corrected chi connectivity index (χ3v) is 5.56. The van der Waals surface area contributed by atoms with Gasteiger partial charge >= 0.3 is 5.97 Å². The summed E-state index contributed by atoms with van der Waals surface area (Å²) in [7, 11) is -1.97. The van der Waals surface area contributed by atoms with Gasteiger partial charge < -0.3 is 10.4 Å². The molecule has 21 heavy (non-hydrogen) atoms. The fourth-order valence-electron chi connectivity index (χ4n) is 1.73. The number of sulfonamides is 1. The van der Waals surface area contributed by atoms with E-state index in [2.05, 4.69) is 10.0 Å². The smallest absolute Gasteiger partial charge is 0.345 e. The highest BCUT2D eigenvalue weighted by Gasteiger charge is 2.19. The summed E-state index contributed by atoms with van der Waals surface area (Å²) >= 11 is 0.719. The van der Waals surface area contributed by atoms with Crippen LogP contribution in [0.3, 0.4) is 0 Å². The summed E-state index contributed by atoms with van der Waals surface area (Å²) < 4.78 is 26.8. The first-order chi connectivity index (χ1) is 9.92. The Kier molecular flexibility index (Phi) is 4.61. The van der Waals surface area contributed by atoms with Crippen LogP contribution in [-0.2, 0) is 16.6 Å². The molecule has 0 fully saturated rings. The summed E-state index contributed by atoms with van der Waals surface area (Å²) in [5.41, 5.74) is 1.38. The molecule has 1 aromatic heterocycles. The van der Waals surface area contributed by atoms with Crippen LogP contribution in [0.4, 0.5) is 5.69 Å². The van der Waals surface area contributed by atoms with Gasteiger partial charge in [0.15, 0.2) is 0 Å². The number of carboxylic acids is 1. The molecule has 0 radical (unpaired) electrons. The Hall–Kier alpha value is -1.90. The topological polar surface area (TPSA) is 95.5 Å². The van der Waals surface area contributed by atoms with Crippen LogP contribution in [0.25, 0.3) is 0 Å². The standard InChI is InChI=1S/C13H14N2O4S2/c1-14-8-9-3-2-4-10(7-9)15-21(18,19)12-6-5-11(20-12)13(16)17/h2-7,14-15H,8H2,1H3,(H,16,17). The van der Waals surface area contributed by atoms with Crippen molar-refractivity contribution in [2.75, 3.05) is 11.8 Å². The molecule has 1 aromatic carbocycles. The Balaban J connectivity index is 2.24. The molecule has 2 rings (SSSR count). The molecular weight excluding hydrogens is 312 g/mol. The summed E-state index contributed by atoms with van der Waals surface area (Å²) in [4.78, 5) is 10.8. The molecule has 1 heterocycles. The number of thiophene rings is 1. The number of carbonyl (C=O) groups is 1. The van der Waals surface area contributed by atoms with Crippen molar-refractivity contribution < 1.29 is 18.3 Å². The van der Waals surface area contributed by atoms with E-state index in [1.807, 2.05) is 6.07 Å². The maximum Gasteiger partial charge on any atom is 0.345 e. The molecule has 112 valence electrons. The largest absolute Gasteiger partial charge is 0.477 e. The van der Waals surface area contributed by atoms with Gasteiger partial charge in [-0.25, -0.2) is 13.2 Å². The lowest BCUT2D eigenvalue weighted by molar-refractivity contribution is 0.0702. The number of rotatable bonds is 6. The molecule has 0 atom stereocenters. The molecule has 8 heteroatoms. The molecular formula is C13H14N2O4S2. The van der Waals surface area contributed by atoms with Gasteiger partial charge in [0, 0.05) is 12.2 Å². The number of anilines is 1. The molecule has 0 aliphatic carbocycles. The van der Waals surface area contributed by atoms with Crippen LogP contribution >= 0.6 is 11.3 Å². The number of benzene rings is 1. The summed E-state index contributed by atoms with van der Waals surface area (Å²) in [6, 6.07) is 9.55. The van der Waals surface area contributed by atoms with Gasteiger partial charge in [-0.05, 0) is 36.9 Å². The van der Waals surface area contributed by atoms with Crippen molar-refractivity contribution in [3.8, 4) is 0 Å². The number of hydrogen-bond donors (Lipinski definition) is 3. The van der Waals surface area contributed by atoms with Gasteiger partial charge in [0.1, 0.15) is 9.09 Å². The molecule has 0 unspecified atom stereocenters. The maximum absolute atomic E-state index is 12.2. The molecule has 0 aliphatic heterocycles. The SMILES string of the molecule is CNCc1cccc(NS(=O)(=O)c2ccc(C(=O)O)s2)c1. The minimum Gasteiger partial charge on any atom is -0.477 e. The van der Waals surface area contributed by atoms with Crippen LogP contribution in [0.2, 0.25) is 0 Å². The zero-order valence-corrected chi connectivity index (χ0v) is 12.8. The van der Waals surface area contributed by atoms with Crippen LogP contribution in [0, 0.1) is 0 Å². The summed E-state index contributed by atoms with van der Waals surface area (Å²) in [5, 5.41) is 11.8. The second kappa shape index (κ2) is 6.25. The van der Waals surface area contributed by atoms with E-state index in [1.54, 1.807) is 25.2 Å². The van der Waals surface area contributed by atoms with E-state index in [-0.39, 0.29) is 9.09 Å². The third kappa shape index (κ3) is 3.81. The van der Waals surface area contributed by atoms with Crippen LogP contribution in [0.1, 0.15) is 15.2 Å². The van der Waals surface area contributed by atoms with E-state index in [0.717, 1.165) is 16.9 Å². The van der Waals surface area contributed by atoms with Crippen LogP contribution in [0.15, 0.2) is 40.6 Å². The Morgan fingerprint density at radius 3 is 2.67 bits per heavy atom. The quantitative estimate of drug-likeness (QED) is 0.754. The number of carboxylic acid groups (broad SMARTS) is 1. The molecule has 6 nitrogen and oxygen atoms in total. The Morgan fingerprint density at radius 2 is 2.05 bits per heavy atom. The van der Waals surface area contributed by atoms with Gasteiger partial charge in [0.2, 0.25) is 0 Å². The first-order valence-corrected chi connectivity index (χ1v) is 8.32. The lowest BCUT2D eigenvalue weighted by atomic mass is 10.2. The second-order valence-corrected chi connectivity index (χ2v) is 7.25. The maximum atomic E-state index is 12.2. The number of hydrogen-bond acceptors (Lipinski definition) is 5. The van der Waals surface area contributed by atoms with Gasteiger partial charge in [0.25, 0.3) is 10.0 Å². The first-order valence-electron chi connectivity index (χ1n) is 6.02. The molecule has 0 amide bonds. The zero-order valence-electron chi connectivity index (χ0n) is 11.2. The molecule has 0 bridgehead atoms. The predicted molar refractivity (Wildman–Crippen MR) is 81.3 cm³/mol. The van der Waals surface area contributed by atoms with Crippen molar-refractivity contribution in [3.63, 3.8) is 0 Å². The third-order valence-electron chi connectivity index (χ3n) is 2.62. The van der Waals surface area contributed by atoms with Crippen molar-refractivity contribution >= 4 is 33.0 Å². The highest BCUT2D eigenvalue weighted by atomic mass is 32.2. The van der Waals surface area contributed by atoms with Gasteiger partial charge in [-0.3, -0.25) is 4.72 Å². The molecule has 0 saturated heterocycles. The van der Waals surface area contributed by atoms with E-state index in [9.17, 15) is 13.2 Å². The first kappa shape index (κ1) is 15.5. The van der Waals surface area contributed by atoms with Crippen molar-refractivity contribution in [2.24, 2.45) is 0 Å². The van der Waals surface area contributed by atoms with Crippen LogP contribution < -0.4 is 10.0 Å². The van der Waals surface area contributed by atoms with Gasteiger partial charge in [0.05, 0.1) is 0 Å². The van der Waals surface area contributed by atoms with Crippen molar-refractivity contribution in [1.82, 2.24) is 5.32 Å². The van der Waals surface area contributed by atoms with Crippen molar-refractivity contribution in [2.45, 2.75) is 10.8 Å². The highest BCUT2D eigenvalue weighted by molar-refractivity contribution is 7.94. The Labute approximate surface area is 126 Å². The number of aromatic carboxylic acids is 1. The van der Waals surface area contributed by atoms with Crippen molar-refractivity contribution in [1.29, 1.82) is 0 Å². The normalized spacial score (nSPS) is 11.3. The zero-order chi connectivity index (χ0) is 15.5. The van der Waals surface area contributed by atoms with Gasteiger partial charge in [-0.15, -0.1) is 11.3 Å².